The quantitative estimate of drug-likeness (QED) is 0.872. The molecule has 1 N–H and O–H groups in total. The molecule has 3 rings (SSSR count). The van der Waals surface area contributed by atoms with Crippen molar-refractivity contribution in [2.24, 2.45) is 5.41 Å². The topological polar surface area (TPSA) is 37.8 Å². The van der Waals surface area contributed by atoms with Crippen LogP contribution in [-0.4, -0.2) is 16.2 Å². The lowest BCUT2D eigenvalue weighted by molar-refractivity contribution is 0.349. The van der Waals surface area contributed by atoms with Gasteiger partial charge in [-0.05, 0) is 18.3 Å². The maximum absolute atomic E-state index is 4.27. The molecular formula is C15H19N3. The number of anilines is 1. The Morgan fingerprint density at radius 3 is 2.89 bits per heavy atom. The zero-order valence-corrected chi connectivity index (χ0v) is 11.0. The van der Waals surface area contributed by atoms with Gasteiger partial charge in [0, 0.05) is 16.8 Å². The second-order valence-electron chi connectivity index (χ2n) is 5.86. The molecule has 1 aromatic carbocycles. The number of rotatable bonds is 2. The third kappa shape index (κ3) is 1.94. The molecule has 1 aliphatic rings. The van der Waals surface area contributed by atoms with Crippen molar-refractivity contribution in [1.82, 2.24) is 10.2 Å². The van der Waals surface area contributed by atoms with Gasteiger partial charge in [0.05, 0.1) is 6.20 Å². The van der Waals surface area contributed by atoms with E-state index < -0.39 is 0 Å². The van der Waals surface area contributed by atoms with Crippen molar-refractivity contribution in [3.63, 3.8) is 0 Å². The van der Waals surface area contributed by atoms with E-state index in [1.165, 1.54) is 19.3 Å². The van der Waals surface area contributed by atoms with E-state index >= 15 is 0 Å². The molecule has 3 nitrogen and oxygen atoms in total. The monoisotopic (exact) mass is 241 g/mol. The van der Waals surface area contributed by atoms with Crippen molar-refractivity contribution in [3.8, 4) is 0 Å². The van der Waals surface area contributed by atoms with Gasteiger partial charge in [-0.25, -0.2) is 0 Å². The first-order valence-corrected chi connectivity index (χ1v) is 6.64. The van der Waals surface area contributed by atoms with Crippen LogP contribution in [0.15, 0.2) is 30.5 Å². The average Bonchev–Trinajstić information content (AvgIpc) is 2.69. The molecule has 3 heteroatoms. The second-order valence-corrected chi connectivity index (χ2v) is 5.86. The summed E-state index contributed by atoms with van der Waals surface area (Å²) in [6.45, 7) is 4.66. The summed E-state index contributed by atoms with van der Waals surface area (Å²) in [6.07, 6.45) is 5.62. The second kappa shape index (κ2) is 4.23. The number of hydrogen-bond acceptors (Lipinski definition) is 3. The van der Waals surface area contributed by atoms with Gasteiger partial charge in [0.15, 0.2) is 5.82 Å². The Morgan fingerprint density at radius 1 is 1.28 bits per heavy atom. The first-order chi connectivity index (χ1) is 8.67. The molecule has 1 aliphatic carbocycles. The molecule has 0 amide bonds. The van der Waals surface area contributed by atoms with Gasteiger partial charge < -0.3 is 5.32 Å². The average molecular weight is 241 g/mol. The van der Waals surface area contributed by atoms with Crippen molar-refractivity contribution in [2.45, 2.75) is 39.2 Å². The van der Waals surface area contributed by atoms with Crippen LogP contribution in [-0.2, 0) is 0 Å². The van der Waals surface area contributed by atoms with Gasteiger partial charge in [-0.3, -0.25) is 0 Å². The Balaban J connectivity index is 1.95. The highest BCUT2D eigenvalue weighted by Gasteiger charge is 2.34. The van der Waals surface area contributed by atoms with Gasteiger partial charge in [-0.1, -0.05) is 44.5 Å². The van der Waals surface area contributed by atoms with Crippen molar-refractivity contribution in [1.29, 1.82) is 0 Å². The maximum atomic E-state index is 4.27. The minimum atomic E-state index is 0.346. The molecule has 2 aromatic rings. The Bertz CT molecular complexity index is 557. The summed E-state index contributed by atoms with van der Waals surface area (Å²) in [5, 5.41) is 14.3. The summed E-state index contributed by atoms with van der Waals surface area (Å²) in [4.78, 5) is 0. The summed E-state index contributed by atoms with van der Waals surface area (Å²) < 4.78 is 0. The molecule has 1 heterocycles. The lowest BCUT2D eigenvalue weighted by Gasteiger charge is -2.28. The largest absolute Gasteiger partial charge is 0.365 e. The first-order valence-electron chi connectivity index (χ1n) is 6.64. The number of hydrogen-bond donors (Lipinski definition) is 1. The number of benzene rings is 1. The molecule has 0 radical (unpaired) electrons. The van der Waals surface area contributed by atoms with Crippen molar-refractivity contribution in [2.75, 3.05) is 5.32 Å². The van der Waals surface area contributed by atoms with Gasteiger partial charge >= 0.3 is 0 Å². The summed E-state index contributed by atoms with van der Waals surface area (Å²) in [5.74, 6) is 0.924. The maximum Gasteiger partial charge on any atom is 0.156 e. The van der Waals surface area contributed by atoms with Gasteiger partial charge in [-0.15, -0.1) is 5.10 Å². The fraction of sp³-hybridized carbons (Fsp3) is 0.467. The lowest BCUT2D eigenvalue weighted by Crippen LogP contribution is -2.31. The van der Waals surface area contributed by atoms with Crippen molar-refractivity contribution >= 4 is 16.6 Å². The van der Waals surface area contributed by atoms with Crippen LogP contribution < -0.4 is 5.32 Å². The van der Waals surface area contributed by atoms with E-state index in [-0.39, 0.29) is 0 Å². The fourth-order valence-electron chi connectivity index (χ4n) is 2.89. The zero-order valence-electron chi connectivity index (χ0n) is 11.0. The van der Waals surface area contributed by atoms with E-state index in [0.717, 1.165) is 16.6 Å². The molecule has 1 atom stereocenters. The molecule has 0 bridgehead atoms. The molecule has 1 unspecified atom stereocenters. The first kappa shape index (κ1) is 11.5. The van der Waals surface area contributed by atoms with Crippen LogP contribution >= 0.6 is 0 Å². The van der Waals surface area contributed by atoms with Gasteiger partial charge in [-0.2, -0.15) is 5.10 Å². The van der Waals surface area contributed by atoms with E-state index in [1.54, 1.807) is 0 Å². The summed E-state index contributed by atoms with van der Waals surface area (Å²) >= 11 is 0. The van der Waals surface area contributed by atoms with E-state index in [0.29, 0.717) is 11.5 Å². The van der Waals surface area contributed by atoms with Crippen LogP contribution in [0.5, 0.6) is 0 Å². The summed E-state index contributed by atoms with van der Waals surface area (Å²) in [5.41, 5.74) is 0.346. The lowest BCUT2D eigenvalue weighted by atomic mass is 9.87. The van der Waals surface area contributed by atoms with Crippen LogP contribution in [0.25, 0.3) is 10.8 Å². The molecule has 0 saturated heterocycles. The molecule has 1 fully saturated rings. The SMILES string of the molecule is CC1(C)CCCC1Nc1nncc2ccccc12. The standard InChI is InChI=1S/C15H19N3/c1-15(2)9-5-8-13(15)17-14-12-7-4-3-6-11(12)10-16-18-14/h3-4,6-7,10,13H,5,8-9H2,1-2H3,(H,17,18). The number of aromatic nitrogens is 2. The Hall–Kier alpha value is -1.64. The van der Waals surface area contributed by atoms with Crippen LogP contribution in [0.1, 0.15) is 33.1 Å². The van der Waals surface area contributed by atoms with Crippen LogP contribution in [0.2, 0.25) is 0 Å². The van der Waals surface area contributed by atoms with Gasteiger partial charge in [0.25, 0.3) is 0 Å². The van der Waals surface area contributed by atoms with E-state index in [2.05, 4.69) is 47.6 Å². The highest BCUT2D eigenvalue weighted by atomic mass is 15.2. The summed E-state index contributed by atoms with van der Waals surface area (Å²) in [7, 11) is 0. The highest BCUT2D eigenvalue weighted by molar-refractivity contribution is 5.90. The normalized spacial score (nSPS) is 22.2. The van der Waals surface area contributed by atoms with Crippen molar-refractivity contribution < 1.29 is 0 Å². The molecule has 0 spiro atoms. The van der Waals surface area contributed by atoms with Crippen molar-refractivity contribution in [3.05, 3.63) is 30.5 Å². The Kier molecular flexibility index (Phi) is 2.69. The number of nitrogens with one attached hydrogen (secondary N) is 1. The predicted molar refractivity (Wildman–Crippen MR) is 74.6 cm³/mol. The van der Waals surface area contributed by atoms with Crippen LogP contribution in [0.4, 0.5) is 5.82 Å². The van der Waals surface area contributed by atoms with Gasteiger partial charge in [0.2, 0.25) is 0 Å². The van der Waals surface area contributed by atoms with E-state index in [9.17, 15) is 0 Å². The Morgan fingerprint density at radius 2 is 2.11 bits per heavy atom. The van der Waals surface area contributed by atoms with Gasteiger partial charge in [0.1, 0.15) is 0 Å². The minimum Gasteiger partial charge on any atom is -0.365 e. The third-order valence-corrected chi connectivity index (χ3v) is 4.14. The minimum absolute atomic E-state index is 0.346. The highest BCUT2D eigenvalue weighted by Crippen LogP contribution is 2.39. The molecule has 94 valence electrons. The van der Waals surface area contributed by atoms with Crippen LogP contribution in [0.3, 0.4) is 0 Å². The number of fused-ring (bicyclic) bond motifs is 1. The Labute approximate surface area is 108 Å². The molecule has 1 saturated carbocycles. The van der Waals surface area contributed by atoms with E-state index in [1.807, 2.05) is 12.3 Å². The molecular weight excluding hydrogens is 222 g/mol. The summed E-state index contributed by atoms with van der Waals surface area (Å²) in [6, 6.07) is 8.77. The fourth-order valence-corrected chi connectivity index (χ4v) is 2.89. The third-order valence-electron chi connectivity index (χ3n) is 4.14. The molecule has 18 heavy (non-hydrogen) atoms. The number of nitrogens with zero attached hydrogens (tertiary/aromatic N) is 2. The van der Waals surface area contributed by atoms with Crippen LogP contribution in [0, 0.1) is 5.41 Å². The smallest absolute Gasteiger partial charge is 0.156 e. The molecule has 1 aromatic heterocycles. The van der Waals surface area contributed by atoms with E-state index in [4.69, 9.17) is 0 Å². The predicted octanol–water partition coefficient (Wildman–Crippen LogP) is 3.62. The molecule has 0 aliphatic heterocycles. The zero-order chi connectivity index (χ0) is 12.6.